The molecule has 17 heavy (non-hydrogen) atoms. The van der Waals surface area contributed by atoms with Crippen molar-refractivity contribution in [2.75, 3.05) is 6.54 Å². The maximum atomic E-state index is 5.12. The number of nitrogens with one attached hydrogen (secondary N) is 1. The zero-order valence-corrected chi connectivity index (χ0v) is 10.6. The van der Waals surface area contributed by atoms with Gasteiger partial charge in [-0.1, -0.05) is 39.1 Å². The summed E-state index contributed by atoms with van der Waals surface area (Å²) in [5.74, 6) is 3.56. The van der Waals surface area contributed by atoms with Gasteiger partial charge in [0.1, 0.15) is 0 Å². The highest BCUT2D eigenvalue weighted by atomic mass is 79.9. The van der Waals surface area contributed by atoms with E-state index in [1.54, 1.807) is 0 Å². The largest absolute Gasteiger partial charge is 0.338 e. The number of halogens is 1. The fraction of sp³-hybridized carbons (Fsp3) is 0.167. The first-order valence-electron chi connectivity index (χ1n) is 5.03. The monoisotopic (exact) mass is 291 g/mol. The van der Waals surface area contributed by atoms with Gasteiger partial charge >= 0.3 is 0 Å². The predicted octanol–water partition coefficient (Wildman–Crippen LogP) is 2.22. The normalized spacial score (nSPS) is 10.1. The van der Waals surface area contributed by atoms with Gasteiger partial charge in [-0.3, -0.25) is 5.32 Å². The summed E-state index contributed by atoms with van der Waals surface area (Å²) in [6.07, 6.45) is 5.12. The number of terminal acetylenes is 1. The van der Waals surface area contributed by atoms with Crippen molar-refractivity contribution in [3.8, 4) is 23.7 Å². The third-order valence-corrected chi connectivity index (χ3v) is 2.78. The lowest BCUT2D eigenvalue weighted by Gasteiger charge is -1.96. The van der Waals surface area contributed by atoms with Crippen LogP contribution in [0.4, 0.5) is 0 Å². The molecule has 5 heteroatoms. The Morgan fingerprint density at radius 1 is 1.41 bits per heavy atom. The van der Waals surface area contributed by atoms with E-state index in [0.717, 1.165) is 10.0 Å². The zero-order valence-electron chi connectivity index (χ0n) is 8.98. The molecule has 0 atom stereocenters. The molecule has 1 N–H and O–H groups in total. The summed E-state index contributed by atoms with van der Waals surface area (Å²) in [5.41, 5.74) is 0.902. The summed E-state index contributed by atoms with van der Waals surface area (Å²) in [4.78, 5) is 4.27. The molecule has 0 radical (unpaired) electrons. The lowest BCUT2D eigenvalue weighted by Crippen LogP contribution is -2.13. The second kappa shape index (κ2) is 5.62. The molecule has 86 valence electrons. The maximum Gasteiger partial charge on any atom is 0.240 e. The average molecular weight is 292 g/mol. The first kappa shape index (κ1) is 11.8. The molecule has 1 aromatic carbocycles. The van der Waals surface area contributed by atoms with Crippen molar-refractivity contribution < 1.29 is 4.52 Å². The van der Waals surface area contributed by atoms with Crippen LogP contribution in [0.1, 0.15) is 5.89 Å². The van der Waals surface area contributed by atoms with Gasteiger partial charge in [0.25, 0.3) is 0 Å². The van der Waals surface area contributed by atoms with Crippen molar-refractivity contribution in [1.82, 2.24) is 15.5 Å². The van der Waals surface area contributed by atoms with Crippen molar-refractivity contribution in [2.45, 2.75) is 6.54 Å². The van der Waals surface area contributed by atoms with Gasteiger partial charge in [-0.2, -0.15) is 4.98 Å². The third-order valence-electron chi connectivity index (χ3n) is 2.09. The minimum absolute atomic E-state index is 0.474. The molecule has 0 unspecified atom stereocenters. The Morgan fingerprint density at radius 2 is 2.24 bits per heavy atom. The number of hydrogen-bond donors (Lipinski definition) is 1. The van der Waals surface area contributed by atoms with Crippen molar-refractivity contribution >= 4 is 15.9 Å². The van der Waals surface area contributed by atoms with Crippen LogP contribution in [-0.4, -0.2) is 16.7 Å². The topological polar surface area (TPSA) is 51.0 Å². The summed E-state index contributed by atoms with van der Waals surface area (Å²) >= 11 is 3.44. The number of hydrogen-bond acceptors (Lipinski definition) is 4. The summed E-state index contributed by atoms with van der Waals surface area (Å²) in [6, 6.07) is 7.71. The molecule has 0 saturated carbocycles. The van der Waals surface area contributed by atoms with Crippen molar-refractivity contribution in [3.05, 3.63) is 34.6 Å². The third kappa shape index (κ3) is 2.93. The second-order valence-electron chi connectivity index (χ2n) is 3.30. The highest BCUT2D eigenvalue weighted by molar-refractivity contribution is 9.10. The zero-order chi connectivity index (χ0) is 12.1. The minimum Gasteiger partial charge on any atom is -0.338 e. The molecular weight excluding hydrogens is 282 g/mol. The van der Waals surface area contributed by atoms with E-state index in [4.69, 9.17) is 10.9 Å². The van der Waals surface area contributed by atoms with E-state index < -0.39 is 0 Å². The molecule has 0 aliphatic rings. The maximum absolute atomic E-state index is 5.12. The van der Waals surface area contributed by atoms with Crippen LogP contribution in [0.2, 0.25) is 0 Å². The van der Waals surface area contributed by atoms with E-state index in [1.165, 1.54) is 0 Å². The fourth-order valence-corrected chi connectivity index (χ4v) is 1.78. The lowest BCUT2D eigenvalue weighted by molar-refractivity contribution is 0.370. The van der Waals surface area contributed by atoms with Crippen molar-refractivity contribution in [3.63, 3.8) is 0 Å². The van der Waals surface area contributed by atoms with Gasteiger partial charge < -0.3 is 4.52 Å². The lowest BCUT2D eigenvalue weighted by atomic mass is 10.2. The predicted molar refractivity (Wildman–Crippen MR) is 68.0 cm³/mol. The molecule has 2 aromatic rings. The molecule has 1 aromatic heterocycles. The van der Waals surface area contributed by atoms with E-state index in [2.05, 4.69) is 37.3 Å². The van der Waals surface area contributed by atoms with Gasteiger partial charge in [0, 0.05) is 10.0 Å². The van der Waals surface area contributed by atoms with Crippen LogP contribution in [0.25, 0.3) is 11.4 Å². The Kier molecular flexibility index (Phi) is 3.91. The van der Waals surface area contributed by atoms with Gasteiger partial charge in [0.15, 0.2) is 0 Å². The SMILES string of the molecule is C#CCNCc1nc(-c2ccccc2Br)no1. The summed E-state index contributed by atoms with van der Waals surface area (Å²) < 4.78 is 6.04. The highest BCUT2D eigenvalue weighted by Crippen LogP contribution is 2.25. The average Bonchev–Trinajstić information content (AvgIpc) is 2.79. The standard InChI is InChI=1S/C12H10BrN3O/c1-2-7-14-8-11-15-12(16-17-11)9-5-3-4-6-10(9)13/h1,3-6,14H,7-8H2. The van der Waals surface area contributed by atoms with Crippen molar-refractivity contribution in [1.29, 1.82) is 0 Å². The number of rotatable bonds is 4. The molecule has 0 amide bonds. The van der Waals surface area contributed by atoms with Crippen LogP contribution >= 0.6 is 15.9 Å². The van der Waals surface area contributed by atoms with E-state index in [-0.39, 0.29) is 0 Å². The molecule has 0 aliphatic heterocycles. The minimum atomic E-state index is 0.474. The summed E-state index contributed by atoms with van der Waals surface area (Å²) in [7, 11) is 0. The van der Waals surface area contributed by atoms with E-state index in [9.17, 15) is 0 Å². The molecule has 0 spiro atoms. The van der Waals surface area contributed by atoms with Gasteiger partial charge in [0.05, 0.1) is 13.1 Å². The van der Waals surface area contributed by atoms with Gasteiger partial charge in [-0.15, -0.1) is 6.42 Å². The first-order valence-corrected chi connectivity index (χ1v) is 5.82. The number of benzene rings is 1. The number of aromatic nitrogens is 2. The van der Waals surface area contributed by atoms with Crippen LogP contribution in [0.5, 0.6) is 0 Å². The first-order chi connectivity index (χ1) is 8.31. The molecular formula is C12H10BrN3O. The van der Waals surface area contributed by atoms with Crippen LogP contribution < -0.4 is 5.32 Å². The Bertz CT molecular complexity index is 545. The van der Waals surface area contributed by atoms with Gasteiger partial charge in [0.2, 0.25) is 11.7 Å². The molecule has 4 nitrogen and oxygen atoms in total. The van der Waals surface area contributed by atoms with Crippen LogP contribution in [-0.2, 0) is 6.54 Å². The quantitative estimate of drug-likeness (QED) is 0.693. The van der Waals surface area contributed by atoms with E-state index in [0.29, 0.717) is 24.8 Å². The van der Waals surface area contributed by atoms with E-state index in [1.807, 2.05) is 24.3 Å². The van der Waals surface area contributed by atoms with Crippen LogP contribution in [0, 0.1) is 12.3 Å². The van der Waals surface area contributed by atoms with E-state index >= 15 is 0 Å². The molecule has 0 fully saturated rings. The summed E-state index contributed by atoms with van der Waals surface area (Å²) in [6.45, 7) is 0.953. The molecule has 2 rings (SSSR count). The Labute approximate surface area is 108 Å². The Balaban J connectivity index is 2.14. The molecule has 1 heterocycles. The Morgan fingerprint density at radius 3 is 3.00 bits per heavy atom. The van der Waals surface area contributed by atoms with Gasteiger partial charge in [-0.25, -0.2) is 0 Å². The van der Waals surface area contributed by atoms with Crippen LogP contribution in [0.15, 0.2) is 33.3 Å². The molecule has 0 aliphatic carbocycles. The number of nitrogens with zero attached hydrogens (tertiary/aromatic N) is 2. The Hall–Kier alpha value is -1.64. The smallest absolute Gasteiger partial charge is 0.240 e. The summed E-state index contributed by atoms with van der Waals surface area (Å²) in [5, 5.41) is 6.90. The molecule has 0 saturated heterocycles. The van der Waals surface area contributed by atoms with Crippen LogP contribution in [0.3, 0.4) is 0 Å². The van der Waals surface area contributed by atoms with Gasteiger partial charge in [-0.05, 0) is 12.1 Å². The highest BCUT2D eigenvalue weighted by Gasteiger charge is 2.10. The second-order valence-corrected chi connectivity index (χ2v) is 4.15. The fourth-order valence-electron chi connectivity index (χ4n) is 1.32. The van der Waals surface area contributed by atoms with Crippen molar-refractivity contribution in [2.24, 2.45) is 0 Å². The molecule has 0 bridgehead atoms.